The average molecular weight is 183 g/mol. The molecule has 0 bridgehead atoms. The van der Waals surface area contributed by atoms with E-state index in [9.17, 15) is 0 Å². The molecular weight excluding hydrogens is 174 g/mol. The number of ether oxygens (including phenoxy) is 1. The van der Waals surface area contributed by atoms with Gasteiger partial charge in [-0.1, -0.05) is 0 Å². The number of aromatic amines is 1. The Morgan fingerprint density at radius 1 is 1.58 bits per heavy atom. The van der Waals surface area contributed by atoms with Crippen LogP contribution in [0.3, 0.4) is 0 Å². The predicted octanol–water partition coefficient (Wildman–Crippen LogP) is 1.21. The van der Waals surface area contributed by atoms with Gasteiger partial charge in [0.15, 0.2) is 4.77 Å². The summed E-state index contributed by atoms with van der Waals surface area (Å²) in [4.78, 5) is 7.13. The van der Waals surface area contributed by atoms with Crippen LogP contribution in [0.2, 0.25) is 0 Å². The van der Waals surface area contributed by atoms with Crippen molar-refractivity contribution in [2.75, 3.05) is 12.4 Å². The molecule has 5 heteroatoms. The summed E-state index contributed by atoms with van der Waals surface area (Å²) in [7, 11) is 1.83. The molecule has 0 spiro atoms. The van der Waals surface area contributed by atoms with Gasteiger partial charge in [0.2, 0.25) is 0 Å². The molecule has 0 saturated heterocycles. The zero-order valence-electron chi connectivity index (χ0n) is 6.68. The summed E-state index contributed by atoms with van der Waals surface area (Å²) in [5.41, 5.74) is 2.13. The van der Waals surface area contributed by atoms with E-state index in [0.717, 1.165) is 17.1 Å². The van der Waals surface area contributed by atoms with Crippen LogP contribution in [0, 0.1) is 4.77 Å². The van der Waals surface area contributed by atoms with Crippen molar-refractivity contribution in [2.45, 2.75) is 13.2 Å². The monoisotopic (exact) mass is 183 g/mol. The number of hydrogen-bond donors (Lipinski definition) is 2. The first-order chi connectivity index (χ1) is 5.81. The number of nitrogens with zero attached hydrogens (tertiary/aromatic N) is 1. The molecule has 0 aromatic carbocycles. The van der Waals surface area contributed by atoms with Crippen molar-refractivity contribution in [3.05, 3.63) is 16.0 Å². The minimum atomic E-state index is 0.503. The summed E-state index contributed by atoms with van der Waals surface area (Å²) in [5.74, 6) is 0.825. The quantitative estimate of drug-likeness (QED) is 0.642. The average Bonchev–Trinajstić information content (AvgIpc) is 2.50. The highest BCUT2D eigenvalue weighted by Gasteiger charge is 2.16. The molecule has 1 aromatic rings. The molecule has 64 valence electrons. The molecule has 1 aromatic heterocycles. The van der Waals surface area contributed by atoms with Crippen molar-refractivity contribution in [3.63, 3.8) is 0 Å². The van der Waals surface area contributed by atoms with Gasteiger partial charge >= 0.3 is 0 Å². The van der Waals surface area contributed by atoms with Crippen molar-refractivity contribution in [2.24, 2.45) is 0 Å². The SMILES string of the molecule is CNc1nc(=S)[nH]c2c1COC2. The largest absolute Gasteiger partial charge is 0.373 e. The molecule has 2 heterocycles. The lowest BCUT2D eigenvalue weighted by atomic mass is 10.2. The summed E-state index contributed by atoms with van der Waals surface area (Å²) >= 11 is 4.94. The molecule has 0 radical (unpaired) electrons. The van der Waals surface area contributed by atoms with Crippen LogP contribution in [-0.2, 0) is 18.0 Å². The summed E-state index contributed by atoms with van der Waals surface area (Å²) in [6, 6.07) is 0. The lowest BCUT2D eigenvalue weighted by Gasteiger charge is -2.03. The van der Waals surface area contributed by atoms with E-state index < -0.39 is 0 Å². The van der Waals surface area contributed by atoms with E-state index in [1.54, 1.807) is 0 Å². The third kappa shape index (κ3) is 1.11. The van der Waals surface area contributed by atoms with Crippen LogP contribution in [0.1, 0.15) is 11.3 Å². The Hall–Kier alpha value is -0.940. The fourth-order valence-electron chi connectivity index (χ4n) is 1.29. The lowest BCUT2D eigenvalue weighted by Crippen LogP contribution is -2.00. The highest BCUT2D eigenvalue weighted by molar-refractivity contribution is 7.71. The molecule has 0 saturated carbocycles. The van der Waals surface area contributed by atoms with E-state index in [2.05, 4.69) is 15.3 Å². The minimum Gasteiger partial charge on any atom is -0.373 e. The van der Waals surface area contributed by atoms with Gasteiger partial charge in [0, 0.05) is 12.6 Å². The van der Waals surface area contributed by atoms with E-state index in [1.165, 1.54) is 0 Å². The van der Waals surface area contributed by atoms with Crippen LogP contribution in [-0.4, -0.2) is 17.0 Å². The molecular formula is C7H9N3OS. The maximum Gasteiger partial charge on any atom is 0.199 e. The number of H-pyrrole nitrogens is 1. The first kappa shape index (κ1) is 7.70. The second kappa shape index (κ2) is 2.84. The Morgan fingerprint density at radius 3 is 3.17 bits per heavy atom. The summed E-state index contributed by atoms with van der Waals surface area (Å²) < 4.78 is 5.76. The number of aromatic nitrogens is 2. The van der Waals surface area contributed by atoms with Gasteiger partial charge < -0.3 is 15.0 Å². The highest BCUT2D eigenvalue weighted by Crippen LogP contribution is 2.22. The summed E-state index contributed by atoms with van der Waals surface area (Å²) in [5, 5.41) is 2.99. The van der Waals surface area contributed by atoms with Crippen LogP contribution >= 0.6 is 12.2 Å². The Bertz CT molecular complexity index is 360. The molecule has 2 N–H and O–H groups in total. The fraction of sp³-hybridized carbons (Fsp3) is 0.429. The Labute approximate surface area is 75.0 Å². The van der Waals surface area contributed by atoms with E-state index in [4.69, 9.17) is 17.0 Å². The Morgan fingerprint density at radius 2 is 2.42 bits per heavy atom. The molecule has 12 heavy (non-hydrogen) atoms. The maximum atomic E-state index is 5.25. The number of anilines is 1. The molecule has 0 unspecified atom stereocenters. The van der Waals surface area contributed by atoms with E-state index >= 15 is 0 Å². The standard InChI is InChI=1S/C7H9N3OS/c1-8-6-4-2-11-3-5(4)9-7(12)10-6/h2-3H2,1H3,(H2,8,9,10,12). The first-order valence-electron chi connectivity index (χ1n) is 3.69. The van der Waals surface area contributed by atoms with Gasteiger partial charge in [-0.05, 0) is 12.2 Å². The van der Waals surface area contributed by atoms with Gasteiger partial charge in [-0.25, -0.2) is 4.98 Å². The molecule has 0 aliphatic carbocycles. The zero-order chi connectivity index (χ0) is 8.55. The number of nitrogens with one attached hydrogen (secondary N) is 2. The van der Waals surface area contributed by atoms with Gasteiger partial charge in [-0.15, -0.1) is 0 Å². The maximum absolute atomic E-state index is 5.25. The Balaban J connectivity index is 2.62. The van der Waals surface area contributed by atoms with E-state index in [-0.39, 0.29) is 0 Å². The van der Waals surface area contributed by atoms with Crippen molar-refractivity contribution < 1.29 is 4.74 Å². The molecule has 1 aliphatic rings. The summed E-state index contributed by atoms with van der Waals surface area (Å²) in [6.45, 7) is 1.22. The highest BCUT2D eigenvalue weighted by atomic mass is 32.1. The molecule has 1 aliphatic heterocycles. The third-order valence-corrected chi connectivity index (χ3v) is 2.04. The second-order valence-corrected chi connectivity index (χ2v) is 2.98. The van der Waals surface area contributed by atoms with Gasteiger partial charge in [-0.2, -0.15) is 0 Å². The summed E-state index contributed by atoms with van der Waals surface area (Å²) in [6.07, 6.45) is 0. The van der Waals surface area contributed by atoms with Crippen molar-refractivity contribution in [1.82, 2.24) is 9.97 Å². The van der Waals surface area contributed by atoms with Gasteiger partial charge in [0.25, 0.3) is 0 Å². The van der Waals surface area contributed by atoms with Crippen molar-refractivity contribution in [1.29, 1.82) is 0 Å². The molecule has 0 fully saturated rings. The third-order valence-electron chi connectivity index (χ3n) is 1.85. The van der Waals surface area contributed by atoms with Crippen LogP contribution in [0.25, 0.3) is 0 Å². The smallest absolute Gasteiger partial charge is 0.199 e. The minimum absolute atomic E-state index is 0.503. The molecule has 4 nitrogen and oxygen atoms in total. The number of hydrogen-bond acceptors (Lipinski definition) is 4. The van der Waals surface area contributed by atoms with Crippen molar-refractivity contribution in [3.8, 4) is 0 Å². The van der Waals surface area contributed by atoms with E-state index in [0.29, 0.717) is 18.0 Å². The Kier molecular flexibility index (Phi) is 1.82. The number of fused-ring (bicyclic) bond motifs is 1. The lowest BCUT2D eigenvalue weighted by molar-refractivity contribution is 0.133. The van der Waals surface area contributed by atoms with E-state index in [1.807, 2.05) is 7.05 Å². The molecule has 0 atom stereocenters. The molecule has 0 amide bonds. The van der Waals surface area contributed by atoms with Crippen molar-refractivity contribution >= 4 is 18.0 Å². The molecule has 2 rings (SSSR count). The van der Waals surface area contributed by atoms with Crippen LogP contribution in [0.5, 0.6) is 0 Å². The second-order valence-electron chi connectivity index (χ2n) is 2.59. The topological polar surface area (TPSA) is 49.9 Å². The van der Waals surface area contributed by atoms with Gasteiger partial charge in [-0.3, -0.25) is 0 Å². The normalized spacial score (nSPS) is 14.4. The van der Waals surface area contributed by atoms with Crippen LogP contribution in [0.15, 0.2) is 0 Å². The zero-order valence-corrected chi connectivity index (χ0v) is 7.49. The predicted molar refractivity (Wildman–Crippen MR) is 47.5 cm³/mol. The van der Waals surface area contributed by atoms with Gasteiger partial charge in [0.05, 0.1) is 18.9 Å². The van der Waals surface area contributed by atoms with Crippen LogP contribution in [0.4, 0.5) is 5.82 Å². The van der Waals surface area contributed by atoms with Gasteiger partial charge in [0.1, 0.15) is 5.82 Å². The number of rotatable bonds is 1. The fourth-order valence-corrected chi connectivity index (χ4v) is 1.50. The first-order valence-corrected chi connectivity index (χ1v) is 4.09. The van der Waals surface area contributed by atoms with Crippen LogP contribution < -0.4 is 5.32 Å².